The van der Waals surface area contributed by atoms with Crippen LogP contribution in [0.25, 0.3) is 0 Å². The third kappa shape index (κ3) is 3.08. The molecule has 0 saturated carbocycles. The molecule has 0 spiro atoms. The van der Waals surface area contributed by atoms with Gasteiger partial charge in [-0.25, -0.2) is 4.98 Å². The number of hydrogen-bond acceptors (Lipinski definition) is 3. The van der Waals surface area contributed by atoms with Gasteiger partial charge >= 0.3 is 0 Å². The molecule has 2 aromatic rings. The van der Waals surface area contributed by atoms with Crippen molar-refractivity contribution < 1.29 is 4.79 Å². The predicted molar refractivity (Wildman–Crippen MR) is 74.2 cm³/mol. The number of ketones is 1. The normalized spacial score (nSPS) is 11.6. The Labute approximate surface area is 113 Å². The third-order valence-corrected chi connectivity index (χ3v) is 3.20. The number of rotatable bonds is 3. The van der Waals surface area contributed by atoms with Crippen molar-refractivity contribution in [2.24, 2.45) is 7.05 Å². The second kappa shape index (κ2) is 4.96. The second-order valence-corrected chi connectivity index (χ2v) is 5.73. The lowest BCUT2D eigenvalue weighted by atomic mass is 9.86. The van der Waals surface area contributed by atoms with Gasteiger partial charge in [0.05, 0.1) is 6.42 Å². The molecule has 2 rings (SSSR count). The summed E-state index contributed by atoms with van der Waals surface area (Å²) in [7, 11) is 1.79. The molecule has 0 N–H and O–H groups in total. The lowest BCUT2D eigenvalue weighted by Crippen LogP contribution is -2.12. The molecule has 1 heterocycles. The number of aryl methyl sites for hydroxylation is 1. The molecule has 0 fully saturated rings. The topological polar surface area (TPSA) is 47.8 Å². The lowest BCUT2D eigenvalue weighted by Gasteiger charge is -2.18. The van der Waals surface area contributed by atoms with Crippen LogP contribution in [0.15, 0.2) is 30.6 Å². The highest BCUT2D eigenvalue weighted by molar-refractivity contribution is 5.97. The van der Waals surface area contributed by atoms with Crippen LogP contribution in [-0.4, -0.2) is 20.5 Å². The van der Waals surface area contributed by atoms with E-state index in [2.05, 4.69) is 30.9 Å². The van der Waals surface area contributed by atoms with E-state index in [4.69, 9.17) is 0 Å². The quantitative estimate of drug-likeness (QED) is 0.794. The Bertz CT molecular complexity index is 576. The highest BCUT2D eigenvalue weighted by Crippen LogP contribution is 2.22. The van der Waals surface area contributed by atoms with Gasteiger partial charge in [0, 0.05) is 12.6 Å². The molecule has 0 radical (unpaired) electrons. The van der Waals surface area contributed by atoms with Crippen LogP contribution >= 0.6 is 0 Å². The fourth-order valence-corrected chi connectivity index (χ4v) is 1.88. The Morgan fingerprint density at radius 3 is 2.32 bits per heavy atom. The van der Waals surface area contributed by atoms with Gasteiger partial charge in [0.15, 0.2) is 5.78 Å². The number of nitrogens with zero attached hydrogens (tertiary/aromatic N) is 3. The molecule has 0 atom stereocenters. The Hall–Kier alpha value is -1.97. The Kier molecular flexibility index (Phi) is 3.51. The smallest absolute Gasteiger partial charge is 0.170 e. The van der Waals surface area contributed by atoms with E-state index < -0.39 is 0 Å². The van der Waals surface area contributed by atoms with Gasteiger partial charge in [-0.15, -0.1) is 0 Å². The van der Waals surface area contributed by atoms with Gasteiger partial charge < -0.3 is 0 Å². The summed E-state index contributed by atoms with van der Waals surface area (Å²) in [5.74, 6) is 0.751. The first-order valence-corrected chi connectivity index (χ1v) is 6.34. The first-order valence-electron chi connectivity index (χ1n) is 6.34. The first kappa shape index (κ1) is 13.5. The maximum atomic E-state index is 12.1. The van der Waals surface area contributed by atoms with Crippen molar-refractivity contribution in [3.63, 3.8) is 0 Å². The molecule has 1 aromatic carbocycles. The maximum Gasteiger partial charge on any atom is 0.170 e. The summed E-state index contributed by atoms with van der Waals surface area (Å²) in [6.07, 6.45) is 1.75. The summed E-state index contributed by atoms with van der Waals surface area (Å²) in [6.45, 7) is 6.47. The van der Waals surface area contributed by atoms with Gasteiger partial charge in [-0.3, -0.25) is 9.48 Å². The van der Waals surface area contributed by atoms with Gasteiger partial charge in [0.2, 0.25) is 0 Å². The molecule has 0 amide bonds. The molecule has 0 aliphatic heterocycles. The van der Waals surface area contributed by atoms with E-state index in [-0.39, 0.29) is 17.6 Å². The van der Waals surface area contributed by atoms with E-state index in [0.29, 0.717) is 5.82 Å². The molecule has 19 heavy (non-hydrogen) atoms. The zero-order valence-corrected chi connectivity index (χ0v) is 11.8. The van der Waals surface area contributed by atoms with Crippen LogP contribution in [0.3, 0.4) is 0 Å². The fraction of sp³-hybridized carbons (Fsp3) is 0.400. The number of carbonyl (C=O) groups excluding carboxylic acids is 1. The average molecular weight is 257 g/mol. The lowest BCUT2D eigenvalue weighted by molar-refractivity contribution is 0.0989. The van der Waals surface area contributed by atoms with Crippen molar-refractivity contribution in [3.8, 4) is 0 Å². The monoisotopic (exact) mass is 257 g/mol. The Morgan fingerprint density at radius 1 is 1.21 bits per heavy atom. The van der Waals surface area contributed by atoms with Crippen molar-refractivity contribution in [2.45, 2.75) is 32.6 Å². The number of aromatic nitrogens is 3. The van der Waals surface area contributed by atoms with E-state index in [1.54, 1.807) is 11.7 Å². The summed E-state index contributed by atoms with van der Waals surface area (Å²) < 4.78 is 1.63. The zero-order valence-electron chi connectivity index (χ0n) is 11.8. The Balaban J connectivity index is 2.14. The van der Waals surface area contributed by atoms with Crippen molar-refractivity contribution in [1.29, 1.82) is 0 Å². The van der Waals surface area contributed by atoms with Crippen LogP contribution in [0.1, 0.15) is 42.5 Å². The standard InChI is InChI=1S/C15H19N3O/c1-15(2,3)12-7-5-11(6-8-12)13(19)9-14-16-10-17-18(14)4/h5-8,10H,9H2,1-4H3. The number of benzene rings is 1. The molecule has 0 aliphatic carbocycles. The molecular weight excluding hydrogens is 238 g/mol. The van der Waals surface area contributed by atoms with Gasteiger partial charge in [0.25, 0.3) is 0 Å². The molecule has 0 bridgehead atoms. The van der Waals surface area contributed by atoms with Crippen LogP contribution in [0.5, 0.6) is 0 Å². The van der Waals surface area contributed by atoms with Gasteiger partial charge in [-0.2, -0.15) is 5.10 Å². The summed E-state index contributed by atoms with van der Waals surface area (Å²) in [4.78, 5) is 16.2. The van der Waals surface area contributed by atoms with Crippen molar-refractivity contribution in [3.05, 3.63) is 47.5 Å². The third-order valence-electron chi connectivity index (χ3n) is 3.20. The van der Waals surface area contributed by atoms with Crippen LogP contribution < -0.4 is 0 Å². The van der Waals surface area contributed by atoms with E-state index in [9.17, 15) is 4.79 Å². The van der Waals surface area contributed by atoms with E-state index in [0.717, 1.165) is 5.56 Å². The molecule has 0 saturated heterocycles. The van der Waals surface area contributed by atoms with Crippen molar-refractivity contribution in [2.75, 3.05) is 0 Å². The molecule has 4 heteroatoms. The first-order chi connectivity index (χ1) is 8.88. The minimum Gasteiger partial charge on any atom is -0.294 e. The largest absolute Gasteiger partial charge is 0.294 e. The number of Topliss-reactive ketones (excluding diaryl/α,β-unsaturated/α-hetero) is 1. The van der Waals surface area contributed by atoms with Gasteiger partial charge in [-0.1, -0.05) is 45.0 Å². The van der Waals surface area contributed by atoms with Crippen LogP contribution in [0.4, 0.5) is 0 Å². The highest BCUT2D eigenvalue weighted by Gasteiger charge is 2.15. The predicted octanol–water partition coefficient (Wildman–Crippen LogP) is 2.54. The maximum absolute atomic E-state index is 12.1. The molecular formula is C15H19N3O. The van der Waals surface area contributed by atoms with Crippen LogP contribution in [0.2, 0.25) is 0 Å². The number of carbonyl (C=O) groups is 1. The van der Waals surface area contributed by atoms with Gasteiger partial charge in [0.1, 0.15) is 12.2 Å². The van der Waals surface area contributed by atoms with Crippen LogP contribution in [0, 0.1) is 0 Å². The highest BCUT2D eigenvalue weighted by atomic mass is 16.1. The Morgan fingerprint density at radius 2 is 1.84 bits per heavy atom. The van der Waals surface area contributed by atoms with E-state index >= 15 is 0 Å². The molecule has 0 aliphatic rings. The summed E-state index contributed by atoms with van der Waals surface area (Å²) in [6, 6.07) is 7.81. The molecule has 0 unspecified atom stereocenters. The minimum absolute atomic E-state index is 0.0663. The fourth-order valence-electron chi connectivity index (χ4n) is 1.88. The van der Waals surface area contributed by atoms with Crippen LogP contribution in [-0.2, 0) is 18.9 Å². The second-order valence-electron chi connectivity index (χ2n) is 5.73. The minimum atomic E-state index is 0.0663. The molecule has 1 aromatic heterocycles. The van der Waals surface area contributed by atoms with E-state index in [1.807, 2.05) is 24.3 Å². The summed E-state index contributed by atoms with van der Waals surface area (Å²) in [5.41, 5.74) is 2.05. The van der Waals surface area contributed by atoms with Gasteiger partial charge in [-0.05, 0) is 11.0 Å². The summed E-state index contributed by atoms with van der Waals surface area (Å²) in [5, 5.41) is 3.96. The zero-order chi connectivity index (χ0) is 14.0. The van der Waals surface area contributed by atoms with E-state index in [1.165, 1.54) is 11.9 Å². The van der Waals surface area contributed by atoms with Crippen molar-refractivity contribution in [1.82, 2.24) is 14.8 Å². The summed E-state index contributed by atoms with van der Waals surface area (Å²) >= 11 is 0. The average Bonchev–Trinajstić information content (AvgIpc) is 2.74. The molecule has 4 nitrogen and oxygen atoms in total. The van der Waals surface area contributed by atoms with Crippen molar-refractivity contribution >= 4 is 5.78 Å². The number of hydrogen-bond donors (Lipinski definition) is 0. The molecule has 100 valence electrons. The SMILES string of the molecule is Cn1ncnc1CC(=O)c1ccc(C(C)(C)C)cc1.